The summed E-state index contributed by atoms with van der Waals surface area (Å²) in [4.78, 5) is 0. The Morgan fingerprint density at radius 1 is 0.524 bits per heavy atom. The molecule has 0 saturated carbocycles. The number of benzene rings is 5. The van der Waals surface area contributed by atoms with Gasteiger partial charge in [0.25, 0.3) is 0 Å². The molecule has 5 aromatic rings. The molecule has 208 valence electrons. The van der Waals surface area contributed by atoms with Crippen molar-refractivity contribution in [1.82, 2.24) is 4.67 Å². The van der Waals surface area contributed by atoms with Crippen molar-refractivity contribution in [3.8, 4) is 0 Å². The third-order valence-electron chi connectivity index (χ3n) is 8.06. The molecular formula is C39H37NP2. The standard InChI is InChI=1S/C39H37NP2/c1-31(33-19-8-3-9-20-33)40(42(36-25-14-6-15-26-36)37-27-16-7-17-28-37)32(2)38-29-18-30-39(38)41(34-21-10-4-11-22-34)35-23-12-5-13-24-35/h3-32,38H,1-2H3/t31-,32-,38?/m1/s1. The molecule has 42 heavy (non-hydrogen) atoms. The lowest BCUT2D eigenvalue weighted by Gasteiger charge is -2.44. The lowest BCUT2D eigenvalue weighted by molar-refractivity contribution is 0.270. The number of allylic oxidation sites excluding steroid dienone is 2. The maximum Gasteiger partial charge on any atom is 0.0365 e. The highest BCUT2D eigenvalue weighted by molar-refractivity contribution is 7.76. The summed E-state index contributed by atoms with van der Waals surface area (Å²) in [7, 11) is -1.47. The van der Waals surface area contributed by atoms with Gasteiger partial charge in [0.2, 0.25) is 0 Å². The van der Waals surface area contributed by atoms with Crippen molar-refractivity contribution in [3.63, 3.8) is 0 Å². The zero-order valence-corrected chi connectivity index (χ0v) is 26.0. The Morgan fingerprint density at radius 2 is 0.929 bits per heavy atom. The van der Waals surface area contributed by atoms with Crippen molar-refractivity contribution < 1.29 is 0 Å². The van der Waals surface area contributed by atoms with E-state index in [1.165, 1.54) is 32.1 Å². The van der Waals surface area contributed by atoms with Crippen LogP contribution in [0.2, 0.25) is 0 Å². The van der Waals surface area contributed by atoms with Gasteiger partial charge in [-0.05, 0) is 53.9 Å². The molecule has 1 unspecified atom stereocenters. The van der Waals surface area contributed by atoms with Crippen molar-refractivity contribution in [3.05, 3.63) is 181 Å². The molecule has 6 rings (SSSR count). The summed E-state index contributed by atoms with van der Waals surface area (Å²) in [6, 6.07) is 56.0. The SMILES string of the molecule is C[C@H](c1ccccc1)N([C@H](C)C1C=CC=C1P(c1ccccc1)c1ccccc1)P(c1ccccc1)c1ccccc1. The quantitative estimate of drug-likeness (QED) is 0.149. The minimum Gasteiger partial charge on any atom is -0.264 e. The Balaban J connectivity index is 1.47. The lowest BCUT2D eigenvalue weighted by atomic mass is 10.00. The molecule has 0 saturated heterocycles. The van der Waals surface area contributed by atoms with Crippen LogP contribution in [0.25, 0.3) is 0 Å². The smallest absolute Gasteiger partial charge is 0.0365 e. The molecule has 0 bridgehead atoms. The molecule has 0 fully saturated rings. The van der Waals surface area contributed by atoms with Gasteiger partial charge in [-0.25, -0.2) is 0 Å². The third-order valence-corrected chi connectivity index (χ3v) is 13.4. The number of nitrogens with zero attached hydrogens (tertiary/aromatic N) is 1. The van der Waals surface area contributed by atoms with Crippen molar-refractivity contribution >= 4 is 37.2 Å². The van der Waals surface area contributed by atoms with E-state index in [1.807, 2.05) is 0 Å². The summed E-state index contributed by atoms with van der Waals surface area (Å²) < 4.78 is 2.83. The molecular weight excluding hydrogens is 544 g/mol. The van der Waals surface area contributed by atoms with E-state index >= 15 is 0 Å². The molecule has 0 aliphatic heterocycles. The van der Waals surface area contributed by atoms with Gasteiger partial charge in [0, 0.05) is 26.1 Å². The number of rotatable bonds is 10. The summed E-state index contributed by atoms with van der Waals surface area (Å²) in [6.07, 6.45) is 7.16. The Labute approximate surface area is 253 Å². The van der Waals surface area contributed by atoms with Crippen LogP contribution in [0.3, 0.4) is 0 Å². The molecule has 0 heterocycles. The Hall–Kier alpha value is -3.60. The molecule has 5 aromatic carbocycles. The van der Waals surface area contributed by atoms with Gasteiger partial charge in [-0.15, -0.1) is 0 Å². The van der Waals surface area contributed by atoms with Crippen molar-refractivity contribution in [1.29, 1.82) is 0 Å². The monoisotopic (exact) mass is 581 g/mol. The first-order chi connectivity index (χ1) is 20.7. The van der Waals surface area contributed by atoms with Crippen LogP contribution in [0.5, 0.6) is 0 Å². The molecule has 1 nitrogen and oxygen atoms in total. The topological polar surface area (TPSA) is 3.24 Å². The fourth-order valence-electron chi connectivity index (χ4n) is 6.03. The normalized spacial score (nSPS) is 16.1. The fraction of sp³-hybridized carbons (Fsp3) is 0.128. The predicted molar refractivity (Wildman–Crippen MR) is 185 cm³/mol. The third kappa shape index (κ3) is 6.11. The summed E-state index contributed by atoms with van der Waals surface area (Å²) in [6.45, 7) is 4.85. The molecule has 3 heteroatoms. The molecule has 0 radical (unpaired) electrons. The number of hydrogen-bond acceptors (Lipinski definition) is 1. The van der Waals surface area contributed by atoms with E-state index in [0.29, 0.717) is 5.92 Å². The van der Waals surface area contributed by atoms with Gasteiger partial charge >= 0.3 is 0 Å². The molecule has 1 aliphatic rings. The van der Waals surface area contributed by atoms with Crippen LogP contribution in [0, 0.1) is 5.92 Å². The predicted octanol–water partition coefficient (Wildman–Crippen LogP) is 8.69. The minimum absolute atomic E-state index is 0.225. The highest BCUT2D eigenvalue weighted by Crippen LogP contribution is 2.54. The summed E-state index contributed by atoms with van der Waals surface area (Å²) in [5.74, 6) is 0.292. The first kappa shape index (κ1) is 28.5. The van der Waals surface area contributed by atoms with Crippen molar-refractivity contribution in [2.75, 3.05) is 0 Å². The van der Waals surface area contributed by atoms with Gasteiger partial charge in [0.1, 0.15) is 0 Å². The average Bonchev–Trinajstić information content (AvgIpc) is 3.55. The largest absolute Gasteiger partial charge is 0.264 e. The summed E-state index contributed by atoms with van der Waals surface area (Å²) >= 11 is 0. The molecule has 0 spiro atoms. The minimum atomic E-state index is -0.800. The van der Waals surface area contributed by atoms with E-state index in [9.17, 15) is 0 Å². The second-order valence-electron chi connectivity index (χ2n) is 10.7. The first-order valence-corrected chi connectivity index (χ1v) is 17.4. The maximum atomic E-state index is 2.83. The van der Waals surface area contributed by atoms with E-state index in [1.54, 1.807) is 0 Å². The second-order valence-corrected chi connectivity index (χ2v) is 15.0. The first-order valence-electron chi connectivity index (χ1n) is 14.7. The van der Waals surface area contributed by atoms with Gasteiger partial charge in [0.15, 0.2) is 0 Å². The molecule has 1 aliphatic carbocycles. The van der Waals surface area contributed by atoms with E-state index in [4.69, 9.17) is 0 Å². The Bertz CT molecular complexity index is 1520. The highest BCUT2D eigenvalue weighted by atomic mass is 31.1. The molecule has 0 aromatic heterocycles. The summed E-state index contributed by atoms with van der Waals surface area (Å²) in [5.41, 5.74) is 1.35. The van der Waals surface area contributed by atoms with E-state index in [2.05, 4.69) is 188 Å². The van der Waals surface area contributed by atoms with Crippen LogP contribution in [-0.4, -0.2) is 10.7 Å². The van der Waals surface area contributed by atoms with Crippen LogP contribution >= 0.6 is 16.0 Å². The molecule has 0 N–H and O–H groups in total. The molecule has 0 amide bonds. The summed E-state index contributed by atoms with van der Waals surface area (Å²) in [5, 5.41) is 7.10. The van der Waals surface area contributed by atoms with Gasteiger partial charge in [-0.1, -0.05) is 170 Å². The molecule has 3 atom stereocenters. The van der Waals surface area contributed by atoms with E-state index in [0.717, 1.165) is 0 Å². The van der Waals surface area contributed by atoms with Gasteiger partial charge < -0.3 is 0 Å². The van der Waals surface area contributed by atoms with Crippen molar-refractivity contribution in [2.45, 2.75) is 25.9 Å². The van der Waals surface area contributed by atoms with Gasteiger partial charge in [-0.2, -0.15) is 0 Å². The van der Waals surface area contributed by atoms with Crippen LogP contribution < -0.4 is 21.2 Å². The second kappa shape index (κ2) is 13.6. The van der Waals surface area contributed by atoms with Crippen LogP contribution in [0.1, 0.15) is 25.5 Å². The van der Waals surface area contributed by atoms with Crippen LogP contribution in [0.15, 0.2) is 175 Å². The average molecular weight is 582 g/mol. The lowest BCUT2D eigenvalue weighted by Crippen LogP contribution is -2.41. The van der Waals surface area contributed by atoms with Gasteiger partial charge in [0.05, 0.1) is 0 Å². The van der Waals surface area contributed by atoms with E-state index in [-0.39, 0.29) is 12.1 Å². The van der Waals surface area contributed by atoms with Gasteiger partial charge in [-0.3, -0.25) is 4.67 Å². The fourth-order valence-corrected chi connectivity index (χ4v) is 11.4. The zero-order valence-electron chi connectivity index (χ0n) is 24.2. The number of hydrogen-bond donors (Lipinski definition) is 0. The maximum absolute atomic E-state index is 2.83. The van der Waals surface area contributed by atoms with Crippen LogP contribution in [-0.2, 0) is 0 Å². The van der Waals surface area contributed by atoms with E-state index < -0.39 is 16.0 Å². The highest BCUT2D eigenvalue weighted by Gasteiger charge is 2.38. The Morgan fingerprint density at radius 3 is 1.38 bits per heavy atom. The van der Waals surface area contributed by atoms with Crippen molar-refractivity contribution in [2.24, 2.45) is 5.92 Å². The van der Waals surface area contributed by atoms with Crippen LogP contribution in [0.4, 0.5) is 0 Å². The Kier molecular flexibility index (Phi) is 9.22. The zero-order chi connectivity index (χ0) is 28.7.